The molecule has 0 unspecified atom stereocenters. The summed E-state index contributed by atoms with van der Waals surface area (Å²) in [5, 5.41) is 18.5. The largest absolute Gasteiger partial charge is 0.508 e. The van der Waals surface area contributed by atoms with Gasteiger partial charge in [0.25, 0.3) is 0 Å². The fraction of sp³-hybridized carbons (Fsp3) is 0.133. The predicted molar refractivity (Wildman–Crippen MR) is 113 cm³/mol. The molecular weight excluding hydrogens is 639 g/mol. The van der Waals surface area contributed by atoms with E-state index in [-0.39, 0.29) is 5.75 Å². The van der Waals surface area contributed by atoms with Gasteiger partial charge in [-0.3, -0.25) is 0 Å². The summed E-state index contributed by atoms with van der Waals surface area (Å²) in [4.78, 5) is 11.3. The van der Waals surface area contributed by atoms with E-state index < -0.39 is 13.4 Å². The van der Waals surface area contributed by atoms with Crippen LogP contribution in [0.2, 0.25) is 0 Å². The first-order valence-corrected chi connectivity index (χ1v) is 9.73. The van der Waals surface area contributed by atoms with E-state index in [1.807, 2.05) is 28.7 Å². The third kappa shape index (κ3) is 4.60. The SMILES string of the molecule is N[C@](I)(C(=O)O)[C@@H](I)c1ccc(Oc2ccc(O)cc2)c(I)c1. The van der Waals surface area contributed by atoms with E-state index in [2.05, 4.69) is 22.6 Å². The number of alkyl halides is 2. The Balaban J connectivity index is 2.24. The summed E-state index contributed by atoms with van der Waals surface area (Å²) >= 11 is 5.92. The van der Waals surface area contributed by atoms with Crippen LogP contribution in [0.4, 0.5) is 0 Å². The topological polar surface area (TPSA) is 92.8 Å². The summed E-state index contributed by atoms with van der Waals surface area (Å²) in [6.45, 7) is 0. The van der Waals surface area contributed by atoms with Crippen LogP contribution in [-0.4, -0.2) is 19.7 Å². The van der Waals surface area contributed by atoms with Gasteiger partial charge in [0, 0.05) is 0 Å². The molecule has 0 saturated heterocycles. The number of rotatable bonds is 5. The first kappa shape index (κ1) is 19.0. The van der Waals surface area contributed by atoms with Crippen LogP contribution in [-0.2, 0) is 4.79 Å². The maximum Gasteiger partial charge on any atom is 0.335 e. The molecule has 2 aromatic rings. The van der Waals surface area contributed by atoms with Crippen molar-refractivity contribution < 1.29 is 19.7 Å². The van der Waals surface area contributed by atoms with Crippen molar-refractivity contribution in [3.05, 3.63) is 51.6 Å². The summed E-state index contributed by atoms with van der Waals surface area (Å²) in [7, 11) is 0. The quantitative estimate of drug-likeness (QED) is 0.253. The highest BCUT2D eigenvalue weighted by Gasteiger charge is 2.39. The van der Waals surface area contributed by atoms with Gasteiger partial charge in [-0.05, 0) is 87.1 Å². The van der Waals surface area contributed by atoms with Gasteiger partial charge in [-0.25, -0.2) is 4.79 Å². The van der Waals surface area contributed by atoms with Crippen molar-refractivity contribution in [2.24, 2.45) is 5.73 Å². The van der Waals surface area contributed by atoms with E-state index in [0.29, 0.717) is 11.5 Å². The fourth-order valence-electron chi connectivity index (χ4n) is 1.75. The van der Waals surface area contributed by atoms with Gasteiger partial charge in [-0.2, -0.15) is 0 Å². The van der Waals surface area contributed by atoms with Crippen molar-refractivity contribution in [2.45, 2.75) is 7.47 Å². The monoisotopic (exact) mass is 651 g/mol. The Hall–Kier alpha value is -0.340. The molecule has 0 aromatic heterocycles. The lowest BCUT2D eigenvalue weighted by atomic mass is 10.1. The number of aliphatic carboxylic acids is 1. The van der Waals surface area contributed by atoms with E-state index in [1.165, 1.54) is 0 Å². The average molecular weight is 651 g/mol. The highest BCUT2D eigenvalue weighted by atomic mass is 127. The van der Waals surface area contributed by atoms with Gasteiger partial charge in [0.15, 0.2) is 3.55 Å². The number of hydrogen-bond donors (Lipinski definition) is 3. The molecule has 0 aliphatic heterocycles. The molecule has 0 heterocycles. The van der Waals surface area contributed by atoms with Crippen LogP contribution in [0.5, 0.6) is 17.2 Å². The number of carbonyl (C=O) groups is 1. The Morgan fingerprint density at radius 1 is 1.22 bits per heavy atom. The summed E-state index contributed by atoms with van der Waals surface area (Å²) in [5.74, 6) is 0.365. The first-order valence-electron chi connectivity index (χ1n) is 6.33. The number of benzene rings is 2. The van der Waals surface area contributed by atoms with Crippen LogP contribution in [0.25, 0.3) is 0 Å². The van der Waals surface area contributed by atoms with Crippen LogP contribution in [0.3, 0.4) is 0 Å². The van der Waals surface area contributed by atoms with Gasteiger partial charge >= 0.3 is 5.97 Å². The number of carboxylic acids is 1. The minimum atomic E-state index is -1.39. The Kier molecular flexibility index (Phi) is 6.35. The summed E-state index contributed by atoms with van der Waals surface area (Å²) in [6, 6.07) is 11.9. The molecule has 2 aromatic carbocycles. The predicted octanol–water partition coefficient (Wildman–Crippen LogP) is 4.44. The van der Waals surface area contributed by atoms with Crippen molar-refractivity contribution >= 4 is 73.7 Å². The maximum absolute atomic E-state index is 11.3. The molecule has 0 fully saturated rings. The Morgan fingerprint density at radius 2 is 1.83 bits per heavy atom. The van der Waals surface area contributed by atoms with Crippen LogP contribution in [0.1, 0.15) is 9.49 Å². The van der Waals surface area contributed by atoms with Gasteiger partial charge in [0.1, 0.15) is 17.2 Å². The van der Waals surface area contributed by atoms with Crippen molar-refractivity contribution in [1.82, 2.24) is 0 Å². The Morgan fingerprint density at radius 3 is 2.35 bits per heavy atom. The lowest BCUT2D eigenvalue weighted by molar-refractivity contribution is -0.139. The number of carboxylic acid groups (broad SMARTS) is 1. The van der Waals surface area contributed by atoms with Gasteiger partial charge in [-0.15, -0.1) is 0 Å². The molecule has 8 heteroatoms. The van der Waals surface area contributed by atoms with Crippen molar-refractivity contribution in [3.63, 3.8) is 0 Å². The molecule has 0 saturated carbocycles. The Labute approximate surface area is 174 Å². The summed E-state index contributed by atoms with van der Waals surface area (Å²) in [6.07, 6.45) is 0. The molecule has 0 aliphatic carbocycles. The molecule has 2 atom stereocenters. The van der Waals surface area contributed by atoms with Crippen LogP contribution in [0, 0.1) is 3.57 Å². The van der Waals surface area contributed by atoms with Crippen molar-refractivity contribution in [1.29, 1.82) is 0 Å². The van der Waals surface area contributed by atoms with E-state index in [0.717, 1.165) is 9.13 Å². The fourth-order valence-corrected chi connectivity index (χ4v) is 3.41. The van der Waals surface area contributed by atoms with Gasteiger partial charge in [0.05, 0.1) is 7.49 Å². The highest BCUT2D eigenvalue weighted by molar-refractivity contribution is 14.1. The summed E-state index contributed by atoms with van der Waals surface area (Å²) < 4.78 is 4.82. The number of aromatic hydroxyl groups is 1. The average Bonchev–Trinajstić information content (AvgIpc) is 2.50. The third-order valence-corrected chi connectivity index (χ3v) is 7.83. The first-order chi connectivity index (χ1) is 10.7. The molecule has 5 nitrogen and oxygen atoms in total. The zero-order valence-corrected chi connectivity index (χ0v) is 18.0. The van der Waals surface area contributed by atoms with E-state index in [1.54, 1.807) is 59.0 Å². The molecule has 4 N–H and O–H groups in total. The highest BCUT2D eigenvalue weighted by Crippen LogP contribution is 2.40. The Bertz CT molecular complexity index is 719. The maximum atomic E-state index is 11.3. The zero-order chi connectivity index (χ0) is 17.2. The molecule has 0 amide bonds. The number of phenols is 1. The second-order valence-electron chi connectivity index (χ2n) is 4.72. The van der Waals surface area contributed by atoms with Crippen LogP contribution in [0.15, 0.2) is 42.5 Å². The zero-order valence-electron chi connectivity index (χ0n) is 11.5. The van der Waals surface area contributed by atoms with Gasteiger partial charge in [-0.1, -0.05) is 28.7 Å². The molecule has 2 rings (SSSR count). The van der Waals surface area contributed by atoms with Crippen molar-refractivity contribution in [2.75, 3.05) is 0 Å². The third-order valence-electron chi connectivity index (χ3n) is 3.01. The second kappa shape index (κ2) is 7.70. The van der Waals surface area contributed by atoms with Crippen LogP contribution >= 0.6 is 67.8 Å². The number of hydrogen-bond acceptors (Lipinski definition) is 4. The van der Waals surface area contributed by atoms with E-state index in [4.69, 9.17) is 10.5 Å². The molecule has 23 heavy (non-hydrogen) atoms. The molecule has 0 spiro atoms. The lowest BCUT2D eigenvalue weighted by Crippen LogP contribution is -2.45. The normalized spacial score (nSPS) is 14.8. The molecule has 0 bridgehead atoms. The molecule has 122 valence electrons. The summed E-state index contributed by atoms with van der Waals surface area (Å²) in [5.41, 5.74) is 6.70. The van der Waals surface area contributed by atoms with Crippen LogP contribution < -0.4 is 10.5 Å². The van der Waals surface area contributed by atoms with Gasteiger partial charge in [0.2, 0.25) is 0 Å². The number of halogens is 3. The smallest absolute Gasteiger partial charge is 0.335 e. The number of ether oxygens (including phenoxy) is 1. The van der Waals surface area contributed by atoms with E-state index in [9.17, 15) is 15.0 Å². The standard InChI is InChI=1S/C15H12I3NO4/c16-11-7-8(13(17)15(18,19)14(21)22)1-6-12(11)23-10-4-2-9(20)3-5-10/h1-7,13,20H,19H2,(H,21,22)/t13-,15-/m0/s1. The number of phenolic OH excluding ortho intramolecular Hbond substituents is 1. The molecule has 0 aliphatic rings. The van der Waals surface area contributed by atoms with E-state index >= 15 is 0 Å². The number of nitrogens with two attached hydrogens (primary N) is 1. The minimum absolute atomic E-state index is 0.171. The lowest BCUT2D eigenvalue weighted by Gasteiger charge is -2.24. The minimum Gasteiger partial charge on any atom is -0.508 e. The molecular formula is C15H12I3NO4. The molecule has 0 radical (unpaired) electrons. The van der Waals surface area contributed by atoms with Crippen molar-refractivity contribution in [3.8, 4) is 17.2 Å². The second-order valence-corrected chi connectivity index (χ2v) is 8.91. The van der Waals surface area contributed by atoms with Gasteiger partial charge < -0.3 is 20.7 Å².